The van der Waals surface area contributed by atoms with E-state index >= 15 is 0 Å². The number of fused-ring (bicyclic) bond motifs is 2. The number of nitrogens with zero attached hydrogens (tertiary/aromatic N) is 5. The van der Waals surface area contributed by atoms with E-state index in [1.165, 1.54) is 35.5 Å². The van der Waals surface area contributed by atoms with Gasteiger partial charge in [0.25, 0.3) is 0 Å². The number of thiazole rings is 1. The Morgan fingerprint density at radius 2 is 2.16 bits per heavy atom. The summed E-state index contributed by atoms with van der Waals surface area (Å²) in [6.07, 6.45) is 1.94. The number of halogens is 1. The molecule has 128 valence electrons. The lowest BCUT2D eigenvalue weighted by Gasteiger charge is -2.05. The monoisotopic (exact) mass is 376 g/mol. The van der Waals surface area contributed by atoms with Gasteiger partial charge in [-0.15, -0.1) is 11.3 Å². The molecule has 0 aliphatic carbocycles. The Morgan fingerprint density at radius 3 is 2.96 bits per heavy atom. The number of nitrogen functional groups attached to an aromatic ring is 1. The third kappa shape index (κ3) is 2.92. The zero-order valence-electron chi connectivity index (χ0n) is 12.9. The van der Waals surface area contributed by atoms with Crippen molar-refractivity contribution in [1.29, 1.82) is 0 Å². The van der Waals surface area contributed by atoms with E-state index in [9.17, 15) is 4.39 Å². The molecule has 0 aliphatic heterocycles. The highest BCUT2D eigenvalue weighted by Crippen LogP contribution is 2.36. The highest BCUT2D eigenvalue weighted by atomic mass is 32.2. The van der Waals surface area contributed by atoms with Gasteiger partial charge in [0.15, 0.2) is 26.5 Å². The first kappa shape index (κ1) is 16.2. The van der Waals surface area contributed by atoms with Crippen LogP contribution in [-0.2, 0) is 6.54 Å². The molecule has 4 aromatic rings. The number of rotatable bonds is 5. The van der Waals surface area contributed by atoms with Gasteiger partial charge in [0, 0.05) is 13.2 Å². The molecule has 25 heavy (non-hydrogen) atoms. The Balaban J connectivity index is 1.79. The number of hydrogen-bond donors (Lipinski definition) is 2. The van der Waals surface area contributed by atoms with Gasteiger partial charge in [0.1, 0.15) is 12.1 Å². The van der Waals surface area contributed by atoms with Crippen LogP contribution in [0.1, 0.15) is 6.42 Å². The normalized spacial score (nSPS) is 11.6. The van der Waals surface area contributed by atoms with E-state index in [1.54, 1.807) is 12.1 Å². The zero-order valence-corrected chi connectivity index (χ0v) is 14.5. The first-order valence-electron chi connectivity index (χ1n) is 7.48. The average Bonchev–Trinajstić information content (AvgIpc) is 3.16. The summed E-state index contributed by atoms with van der Waals surface area (Å²) >= 11 is 2.59. The fourth-order valence-corrected chi connectivity index (χ4v) is 4.53. The first-order chi connectivity index (χ1) is 12.2. The van der Waals surface area contributed by atoms with E-state index in [0.717, 1.165) is 0 Å². The Hall–Kier alpha value is -2.30. The third-order valence-corrected chi connectivity index (χ3v) is 5.73. The number of aromatic nitrogens is 5. The minimum Gasteiger partial charge on any atom is -0.396 e. The molecule has 0 spiro atoms. The number of aliphatic hydroxyl groups is 1. The molecule has 0 saturated carbocycles. The van der Waals surface area contributed by atoms with Crippen LogP contribution in [0.3, 0.4) is 0 Å². The second kappa shape index (κ2) is 6.54. The third-order valence-electron chi connectivity index (χ3n) is 3.59. The SMILES string of the molecule is Nc1ncnc2c1nc(Sc1nc3cccc(F)c3s1)n2CCCO. The van der Waals surface area contributed by atoms with Crippen molar-refractivity contribution in [2.45, 2.75) is 22.5 Å². The Morgan fingerprint density at radius 1 is 1.28 bits per heavy atom. The average molecular weight is 376 g/mol. The van der Waals surface area contributed by atoms with Crippen molar-refractivity contribution in [3.8, 4) is 0 Å². The number of hydrogen-bond acceptors (Lipinski definition) is 8. The molecule has 4 rings (SSSR count). The molecule has 3 N–H and O–H groups in total. The smallest absolute Gasteiger partial charge is 0.177 e. The molecule has 0 amide bonds. The maximum absolute atomic E-state index is 13.9. The predicted molar refractivity (Wildman–Crippen MR) is 95.1 cm³/mol. The maximum Gasteiger partial charge on any atom is 0.177 e. The molecule has 0 unspecified atom stereocenters. The molecule has 10 heteroatoms. The highest BCUT2D eigenvalue weighted by molar-refractivity contribution is 8.01. The van der Waals surface area contributed by atoms with Crippen LogP contribution in [0.4, 0.5) is 10.2 Å². The van der Waals surface area contributed by atoms with Crippen LogP contribution in [-0.4, -0.2) is 36.2 Å². The standard InChI is InChI=1S/C15H13FN6OS2/c16-8-3-1-4-9-11(8)24-15(20-9)25-14-21-10-12(17)18-7-19-13(10)22(14)5-2-6-23/h1,3-4,7,23H,2,5-6H2,(H2,17,18,19). The minimum atomic E-state index is -0.286. The van der Waals surface area contributed by atoms with Crippen molar-refractivity contribution in [1.82, 2.24) is 24.5 Å². The van der Waals surface area contributed by atoms with Gasteiger partial charge in [-0.2, -0.15) is 0 Å². The van der Waals surface area contributed by atoms with Gasteiger partial charge in [-0.05, 0) is 30.3 Å². The molecule has 0 bridgehead atoms. The van der Waals surface area contributed by atoms with E-state index in [4.69, 9.17) is 10.8 Å². The van der Waals surface area contributed by atoms with E-state index < -0.39 is 0 Å². The molecule has 3 aromatic heterocycles. The minimum absolute atomic E-state index is 0.0523. The second-order valence-electron chi connectivity index (χ2n) is 5.22. The van der Waals surface area contributed by atoms with Crippen molar-refractivity contribution >= 4 is 50.3 Å². The van der Waals surface area contributed by atoms with Gasteiger partial charge in [-0.1, -0.05) is 6.07 Å². The summed E-state index contributed by atoms with van der Waals surface area (Å²) in [6, 6.07) is 4.83. The van der Waals surface area contributed by atoms with Crippen molar-refractivity contribution in [2.24, 2.45) is 0 Å². The van der Waals surface area contributed by atoms with E-state index in [1.807, 2.05) is 4.57 Å². The van der Waals surface area contributed by atoms with Crippen LogP contribution < -0.4 is 5.73 Å². The molecule has 1 aromatic carbocycles. The summed E-state index contributed by atoms with van der Waals surface area (Å²) in [5.41, 5.74) is 7.63. The Labute approximate surface area is 149 Å². The molecule has 0 radical (unpaired) electrons. The second-order valence-corrected chi connectivity index (χ2v) is 7.44. The summed E-state index contributed by atoms with van der Waals surface area (Å²) in [6.45, 7) is 0.585. The van der Waals surface area contributed by atoms with Crippen molar-refractivity contribution < 1.29 is 9.50 Å². The summed E-state index contributed by atoms with van der Waals surface area (Å²) in [7, 11) is 0. The van der Waals surface area contributed by atoms with Crippen LogP contribution >= 0.6 is 23.1 Å². The van der Waals surface area contributed by atoms with Gasteiger partial charge in [0.2, 0.25) is 0 Å². The molecule has 7 nitrogen and oxygen atoms in total. The molecule has 3 heterocycles. The van der Waals surface area contributed by atoms with Crippen molar-refractivity contribution in [2.75, 3.05) is 12.3 Å². The van der Waals surface area contributed by atoms with Gasteiger partial charge < -0.3 is 15.4 Å². The van der Waals surface area contributed by atoms with E-state index in [-0.39, 0.29) is 12.4 Å². The van der Waals surface area contributed by atoms with E-state index in [0.29, 0.717) is 49.7 Å². The van der Waals surface area contributed by atoms with Gasteiger partial charge in [0.05, 0.1) is 10.2 Å². The fraction of sp³-hybridized carbons (Fsp3) is 0.200. The van der Waals surface area contributed by atoms with Gasteiger partial charge >= 0.3 is 0 Å². The number of aryl methyl sites for hydroxylation is 1. The van der Waals surface area contributed by atoms with E-state index in [2.05, 4.69) is 19.9 Å². The predicted octanol–water partition coefficient (Wildman–Crippen LogP) is 2.69. The molecular formula is C15H13FN6OS2. The van der Waals surface area contributed by atoms with Crippen LogP contribution in [0, 0.1) is 5.82 Å². The lowest BCUT2D eigenvalue weighted by atomic mass is 10.3. The number of nitrogens with two attached hydrogens (primary N) is 1. The quantitative estimate of drug-likeness (QED) is 0.552. The fourth-order valence-electron chi connectivity index (χ4n) is 2.46. The van der Waals surface area contributed by atoms with Crippen LogP contribution in [0.5, 0.6) is 0 Å². The summed E-state index contributed by atoms with van der Waals surface area (Å²) in [5.74, 6) is 0.00990. The van der Waals surface area contributed by atoms with Gasteiger partial charge in [-0.25, -0.2) is 24.3 Å². The summed E-state index contributed by atoms with van der Waals surface area (Å²) in [5, 5.41) is 9.78. The highest BCUT2D eigenvalue weighted by Gasteiger charge is 2.18. The molecule has 0 fully saturated rings. The molecule has 0 saturated heterocycles. The number of benzene rings is 1. The number of anilines is 1. The lowest BCUT2D eigenvalue weighted by molar-refractivity contribution is 0.278. The van der Waals surface area contributed by atoms with Crippen LogP contribution in [0.2, 0.25) is 0 Å². The van der Waals surface area contributed by atoms with Crippen LogP contribution in [0.25, 0.3) is 21.4 Å². The molecule has 0 aliphatic rings. The molecular weight excluding hydrogens is 363 g/mol. The lowest BCUT2D eigenvalue weighted by Crippen LogP contribution is -2.03. The Kier molecular flexibility index (Phi) is 4.24. The zero-order chi connectivity index (χ0) is 17.4. The number of aliphatic hydroxyl groups excluding tert-OH is 1. The van der Waals surface area contributed by atoms with Crippen molar-refractivity contribution in [3.63, 3.8) is 0 Å². The summed E-state index contributed by atoms with van der Waals surface area (Å²) < 4.78 is 16.9. The number of imidazole rings is 1. The topological polar surface area (TPSA) is 103 Å². The van der Waals surface area contributed by atoms with Crippen LogP contribution in [0.15, 0.2) is 34.0 Å². The Bertz CT molecular complexity index is 1060. The molecule has 0 atom stereocenters. The van der Waals surface area contributed by atoms with Gasteiger partial charge in [-0.3, -0.25) is 0 Å². The summed E-state index contributed by atoms with van der Waals surface area (Å²) in [4.78, 5) is 17.2. The largest absolute Gasteiger partial charge is 0.396 e. The first-order valence-corrected chi connectivity index (χ1v) is 9.11. The maximum atomic E-state index is 13.9. The van der Waals surface area contributed by atoms with Crippen molar-refractivity contribution in [3.05, 3.63) is 30.3 Å².